The van der Waals surface area contributed by atoms with Crippen molar-refractivity contribution in [2.75, 3.05) is 19.1 Å². The van der Waals surface area contributed by atoms with Gasteiger partial charge in [-0.15, -0.1) is 0 Å². The lowest BCUT2D eigenvalue weighted by Crippen LogP contribution is -1.93. The van der Waals surface area contributed by atoms with Gasteiger partial charge in [-0.2, -0.15) is 11.8 Å². The fraction of sp³-hybridized carbons (Fsp3) is 0.667. The summed E-state index contributed by atoms with van der Waals surface area (Å²) in [6.45, 7) is 6.42. The molecule has 2 nitrogen and oxygen atoms in total. The third-order valence-corrected chi connectivity index (χ3v) is 3.26. The predicted octanol–water partition coefficient (Wildman–Crippen LogP) is 4.82. The molecule has 0 saturated carbocycles. The largest absolute Gasteiger partial charge is 0.399 e. The van der Waals surface area contributed by atoms with Crippen LogP contribution in [-0.2, 0) is 4.84 Å². The molecule has 0 spiro atoms. The summed E-state index contributed by atoms with van der Waals surface area (Å²) >= 11 is 1.87. The predicted molar refractivity (Wildman–Crippen MR) is 84.5 cm³/mol. The molecule has 0 aliphatic carbocycles. The number of thioether (sulfide) groups is 1. The van der Waals surface area contributed by atoms with Gasteiger partial charge in [0.2, 0.25) is 0 Å². The minimum absolute atomic E-state index is 0.984. The van der Waals surface area contributed by atoms with Gasteiger partial charge in [-0.05, 0) is 52.7 Å². The molecule has 0 aliphatic heterocycles. The molecule has 104 valence electrons. The third-order valence-electron chi connectivity index (χ3n) is 2.76. The molecule has 0 unspecified atom stereocenters. The summed E-state index contributed by atoms with van der Waals surface area (Å²) in [6.07, 6.45) is 11.2. The number of allylic oxidation sites excluding steroid dienone is 3. The molecule has 0 fully saturated rings. The van der Waals surface area contributed by atoms with Crippen LogP contribution in [-0.4, -0.2) is 24.8 Å². The number of rotatable bonds is 9. The second-order valence-electron chi connectivity index (χ2n) is 4.60. The molecule has 0 saturated heterocycles. The molecule has 0 heterocycles. The van der Waals surface area contributed by atoms with Gasteiger partial charge in [-0.1, -0.05) is 28.5 Å². The molecule has 0 aliphatic rings. The van der Waals surface area contributed by atoms with E-state index in [1.54, 1.807) is 7.11 Å². The standard InChI is InChI=1S/C15H27NOS/c1-13(9-10-15(3)16-17-4)7-6-8-14(2)11-12-18-5/h7,11H,6,8-10,12H2,1-5H3/b13-7+,14-11+,16-15+. The van der Waals surface area contributed by atoms with E-state index in [9.17, 15) is 0 Å². The van der Waals surface area contributed by atoms with Crippen molar-refractivity contribution in [2.45, 2.75) is 46.5 Å². The Balaban J connectivity index is 3.87. The van der Waals surface area contributed by atoms with Gasteiger partial charge in [-0.25, -0.2) is 0 Å². The minimum atomic E-state index is 0.984. The Morgan fingerprint density at radius 3 is 2.33 bits per heavy atom. The van der Waals surface area contributed by atoms with Crippen LogP contribution in [0.1, 0.15) is 46.5 Å². The Hall–Kier alpha value is -0.700. The van der Waals surface area contributed by atoms with Crippen LogP contribution in [0.25, 0.3) is 0 Å². The van der Waals surface area contributed by atoms with E-state index in [0.717, 1.165) is 30.7 Å². The average Bonchev–Trinajstić information content (AvgIpc) is 2.34. The highest BCUT2D eigenvalue weighted by Gasteiger charge is 1.95. The first-order valence-corrected chi connectivity index (χ1v) is 7.86. The van der Waals surface area contributed by atoms with Crippen molar-refractivity contribution in [1.82, 2.24) is 0 Å². The van der Waals surface area contributed by atoms with Gasteiger partial charge >= 0.3 is 0 Å². The maximum absolute atomic E-state index is 4.75. The summed E-state index contributed by atoms with van der Waals surface area (Å²) in [5.74, 6) is 1.13. The lowest BCUT2D eigenvalue weighted by Gasteiger charge is -2.02. The maximum Gasteiger partial charge on any atom is 0.106 e. The molecule has 3 heteroatoms. The van der Waals surface area contributed by atoms with Gasteiger partial charge < -0.3 is 4.84 Å². The summed E-state index contributed by atoms with van der Waals surface area (Å²) in [4.78, 5) is 4.75. The number of oxime groups is 1. The van der Waals surface area contributed by atoms with Crippen molar-refractivity contribution in [3.05, 3.63) is 23.3 Å². The van der Waals surface area contributed by atoms with E-state index in [0.29, 0.717) is 0 Å². The Morgan fingerprint density at radius 2 is 1.72 bits per heavy atom. The first kappa shape index (κ1) is 17.3. The fourth-order valence-corrected chi connectivity index (χ4v) is 2.01. The third kappa shape index (κ3) is 10.5. The van der Waals surface area contributed by atoms with Gasteiger partial charge in [-0.3, -0.25) is 0 Å². The van der Waals surface area contributed by atoms with E-state index in [-0.39, 0.29) is 0 Å². The van der Waals surface area contributed by atoms with Crippen LogP contribution in [0.3, 0.4) is 0 Å². The molecule has 0 aromatic carbocycles. The lowest BCUT2D eigenvalue weighted by molar-refractivity contribution is 0.212. The summed E-state index contributed by atoms with van der Waals surface area (Å²) in [6, 6.07) is 0. The summed E-state index contributed by atoms with van der Waals surface area (Å²) in [7, 11) is 1.59. The molecule has 0 bridgehead atoms. The molecule has 0 rings (SSSR count). The first-order valence-electron chi connectivity index (χ1n) is 6.47. The molecule has 0 amide bonds. The smallest absolute Gasteiger partial charge is 0.106 e. The molecule has 0 aromatic heterocycles. The van der Waals surface area contributed by atoms with Gasteiger partial charge in [0.25, 0.3) is 0 Å². The van der Waals surface area contributed by atoms with Crippen LogP contribution in [0.2, 0.25) is 0 Å². The molecule has 0 radical (unpaired) electrons. The van der Waals surface area contributed by atoms with Crippen molar-refractivity contribution in [3.8, 4) is 0 Å². The lowest BCUT2D eigenvalue weighted by atomic mass is 10.1. The second kappa shape index (κ2) is 11.4. The van der Waals surface area contributed by atoms with E-state index in [1.807, 2.05) is 18.7 Å². The second-order valence-corrected chi connectivity index (χ2v) is 5.51. The van der Waals surface area contributed by atoms with Crippen molar-refractivity contribution in [3.63, 3.8) is 0 Å². The Labute approximate surface area is 117 Å². The molecule has 0 N–H and O–H groups in total. The molecular formula is C15H27NOS. The molecule has 18 heavy (non-hydrogen) atoms. The van der Waals surface area contributed by atoms with Crippen molar-refractivity contribution in [1.29, 1.82) is 0 Å². The molecule has 0 atom stereocenters. The van der Waals surface area contributed by atoms with Crippen molar-refractivity contribution in [2.24, 2.45) is 5.16 Å². The van der Waals surface area contributed by atoms with Crippen LogP contribution in [0.4, 0.5) is 0 Å². The number of nitrogens with zero attached hydrogens (tertiary/aromatic N) is 1. The SMILES string of the molecule is CO/N=C(\C)CC/C(C)=C/CC/C(C)=C/CSC. The fourth-order valence-electron chi connectivity index (χ4n) is 1.56. The Bertz CT molecular complexity index is 306. The van der Waals surface area contributed by atoms with Gasteiger partial charge in [0.15, 0.2) is 0 Å². The monoisotopic (exact) mass is 269 g/mol. The van der Waals surface area contributed by atoms with Gasteiger partial charge in [0.1, 0.15) is 7.11 Å². The maximum atomic E-state index is 4.75. The van der Waals surface area contributed by atoms with Crippen LogP contribution in [0.15, 0.2) is 28.5 Å². The van der Waals surface area contributed by atoms with E-state index >= 15 is 0 Å². The Morgan fingerprint density at radius 1 is 1.06 bits per heavy atom. The zero-order valence-corrected chi connectivity index (χ0v) is 13.3. The van der Waals surface area contributed by atoms with E-state index in [2.05, 4.69) is 37.4 Å². The quantitative estimate of drug-likeness (QED) is 0.340. The zero-order valence-electron chi connectivity index (χ0n) is 12.5. The summed E-state index contributed by atoms with van der Waals surface area (Å²) in [5, 5.41) is 3.92. The highest BCUT2D eigenvalue weighted by molar-refractivity contribution is 7.98. The van der Waals surface area contributed by atoms with Crippen LogP contribution < -0.4 is 0 Å². The van der Waals surface area contributed by atoms with Crippen molar-refractivity contribution >= 4 is 17.5 Å². The summed E-state index contributed by atoms with van der Waals surface area (Å²) < 4.78 is 0. The van der Waals surface area contributed by atoms with Crippen LogP contribution >= 0.6 is 11.8 Å². The van der Waals surface area contributed by atoms with Crippen molar-refractivity contribution < 1.29 is 4.84 Å². The van der Waals surface area contributed by atoms with E-state index in [4.69, 9.17) is 4.84 Å². The summed E-state index contributed by atoms with van der Waals surface area (Å²) in [5.41, 5.74) is 3.99. The van der Waals surface area contributed by atoms with Crippen LogP contribution in [0.5, 0.6) is 0 Å². The highest BCUT2D eigenvalue weighted by Crippen LogP contribution is 2.11. The molecular weight excluding hydrogens is 242 g/mol. The van der Waals surface area contributed by atoms with E-state index < -0.39 is 0 Å². The van der Waals surface area contributed by atoms with E-state index in [1.165, 1.54) is 17.6 Å². The highest BCUT2D eigenvalue weighted by atomic mass is 32.2. The Kier molecular flexibility index (Phi) is 11.0. The first-order chi connectivity index (χ1) is 8.60. The topological polar surface area (TPSA) is 21.6 Å². The molecule has 0 aromatic rings. The van der Waals surface area contributed by atoms with Crippen LogP contribution in [0, 0.1) is 0 Å². The van der Waals surface area contributed by atoms with Gasteiger partial charge in [0.05, 0.1) is 5.71 Å². The number of hydrogen-bond acceptors (Lipinski definition) is 3. The zero-order chi connectivity index (χ0) is 13.8. The minimum Gasteiger partial charge on any atom is -0.399 e. The average molecular weight is 269 g/mol. The van der Waals surface area contributed by atoms with Gasteiger partial charge in [0, 0.05) is 5.75 Å². The normalized spacial score (nSPS) is 13.9. The number of hydrogen-bond donors (Lipinski definition) is 0.